The van der Waals surface area contributed by atoms with E-state index in [9.17, 15) is 0 Å². The number of rotatable bonds is 9. The van der Waals surface area contributed by atoms with Crippen molar-refractivity contribution in [3.8, 4) is 5.75 Å². The van der Waals surface area contributed by atoms with E-state index in [0.29, 0.717) is 36.4 Å². The highest BCUT2D eigenvalue weighted by Crippen LogP contribution is 2.40. The Morgan fingerprint density at radius 1 is 0.667 bits per heavy atom. The van der Waals surface area contributed by atoms with Gasteiger partial charge in [0.2, 0.25) is 0 Å². The van der Waals surface area contributed by atoms with E-state index in [-0.39, 0.29) is 0 Å². The Kier molecular flexibility index (Phi) is 8.90. The average molecular weight is 450 g/mol. The number of ether oxygens (including phenoxy) is 1. The maximum Gasteiger partial charge on any atom is 0.161 e. The van der Waals surface area contributed by atoms with E-state index >= 15 is 0 Å². The molecule has 0 spiro atoms. The molecule has 0 saturated heterocycles. The van der Waals surface area contributed by atoms with Crippen molar-refractivity contribution >= 4 is 5.69 Å². The molecule has 0 bridgehead atoms. The second kappa shape index (κ2) is 11.4. The SMILES string of the molecule is CC(C)c1cccc(C(C)C)c1OCN(c1c(C(C)C)cccc1C(C)C)C1CCCCC1. The third kappa shape index (κ3) is 5.94. The molecule has 2 heteroatoms. The minimum absolute atomic E-state index is 0.441. The topological polar surface area (TPSA) is 12.5 Å². The molecule has 0 heterocycles. The molecule has 0 aromatic heterocycles. The molecular weight excluding hydrogens is 402 g/mol. The van der Waals surface area contributed by atoms with E-state index in [1.165, 1.54) is 60.0 Å². The largest absolute Gasteiger partial charge is 0.473 e. The predicted octanol–water partition coefficient (Wildman–Crippen LogP) is 9.36. The van der Waals surface area contributed by atoms with Crippen LogP contribution >= 0.6 is 0 Å². The molecule has 0 atom stereocenters. The van der Waals surface area contributed by atoms with Crippen molar-refractivity contribution in [3.05, 3.63) is 58.7 Å². The summed E-state index contributed by atoms with van der Waals surface area (Å²) in [7, 11) is 0. The standard InChI is InChI=1S/C31H47NO/c1-21(2)26-16-12-17-27(22(3)4)30(26)32(25-14-10-9-11-15-25)20-33-31-28(23(5)6)18-13-19-29(31)24(7)8/h12-13,16-19,21-25H,9-11,14-15,20H2,1-8H3. The molecule has 33 heavy (non-hydrogen) atoms. The highest BCUT2D eigenvalue weighted by Gasteiger charge is 2.28. The Bertz CT molecular complexity index is 837. The number of benzene rings is 2. The molecule has 3 rings (SSSR count). The maximum atomic E-state index is 6.86. The third-order valence-corrected chi connectivity index (χ3v) is 7.31. The lowest BCUT2D eigenvalue weighted by atomic mass is 9.88. The molecule has 2 aromatic rings. The van der Waals surface area contributed by atoms with Crippen molar-refractivity contribution < 1.29 is 4.74 Å². The monoisotopic (exact) mass is 449 g/mol. The van der Waals surface area contributed by atoms with Gasteiger partial charge in [-0.1, -0.05) is 111 Å². The highest BCUT2D eigenvalue weighted by molar-refractivity contribution is 5.63. The molecule has 1 aliphatic carbocycles. The van der Waals surface area contributed by atoms with Crippen molar-refractivity contribution in [3.63, 3.8) is 0 Å². The first kappa shape index (κ1) is 25.7. The van der Waals surface area contributed by atoms with Crippen LogP contribution in [0.2, 0.25) is 0 Å². The Labute approximate surface area is 203 Å². The summed E-state index contributed by atoms with van der Waals surface area (Å²) in [5.74, 6) is 2.96. The minimum Gasteiger partial charge on any atom is -0.473 e. The summed E-state index contributed by atoms with van der Waals surface area (Å²) in [6, 6.07) is 14.2. The van der Waals surface area contributed by atoms with E-state index in [0.717, 1.165) is 5.75 Å². The van der Waals surface area contributed by atoms with E-state index in [1.807, 2.05) is 0 Å². The Morgan fingerprint density at radius 2 is 1.09 bits per heavy atom. The van der Waals surface area contributed by atoms with Crippen LogP contribution in [-0.4, -0.2) is 12.8 Å². The van der Waals surface area contributed by atoms with Gasteiger partial charge in [0.05, 0.1) is 0 Å². The van der Waals surface area contributed by atoms with Crippen LogP contribution in [0.5, 0.6) is 5.75 Å². The van der Waals surface area contributed by atoms with Gasteiger partial charge in [-0.05, 0) is 58.8 Å². The van der Waals surface area contributed by atoms with Gasteiger partial charge < -0.3 is 9.64 Å². The molecule has 182 valence electrons. The Hall–Kier alpha value is -1.96. The first-order chi connectivity index (χ1) is 15.7. The predicted molar refractivity (Wildman–Crippen MR) is 144 cm³/mol. The molecule has 2 aromatic carbocycles. The average Bonchev–Trinajstić information content (AvgIpc) is 2.79. The number of anilines is 1. The number of hydrogen-bond acceptors (Lipinski definition) is 2. The molecule has 0 aliphatic heterocycles. The second-order valence-corrected chi connectivity index (χ2v) is 11.2. The van der Waals surface area contributed by atoms with Crippen LogP contribution in [0.1, 0.15) is 133 Å². The van der Waals surface area contributed by atoms with Crippen molar-refractivity contribution in [1.29, 1.82) is 0 Å². The summed E-state index contributed by atoms with van der Waals surface area (Å²) in [6.07, 6.45) is 6.53. The summed E-state index contributed by atoms with van der Waals surface area (Å²) in [5, 5.41) is 0. The van der Waals surface area contributed by atoms with Gasteiger partial charge >= 0.3 is 0 Å². The normalized spacial score (nSPS) is 15.2. The van der Waals surface area contributed by atoms with Gasteiger partial charge in [-0.25, -0.2) is 0 Å². The third-order valence-electron chi connectivity index (χ3n) is 7.31. The fraction of sp³-hybridized carbons (Fsp3) is 0.613. The van der Waals surface area contributed by atoms with Crippen molar-refractivity contribution in [2.24, 2.45) is 0 Å². The zero-order chi connectivity index (χ0) is 24.1. The molecule has 1 aliphatic rings. The van der Waals surface area contributed by atoms with E-state index < -0.39 is 0 Å². The number of para-hydroxylation sites is 2. The lowest BCUT2D eigenvalue weighted by Crippen LogP contribution is -2.41. The molecule has 0 N–H and O–H groups in total. The summed E-state index contributed by atoms with van der Waals surface area (Å²) in [6.45, 7) is 19.0. The molecule has 1 fully saturated rings. The van der Waals surface area contributed by atoms with Gasteiger partial charge in [0, 0.05) is 11.7 Å². The van der Waals surface area contributed by atoms with E-state index in [4.69, 9.17) is 4.74 Å². The smallest absolute Gasteiger partial charge is 0.161 e. The summed E-state index contributed by atoms with van der Waals surface area (Å²) in [4.78, 5) is 2.64. The van der Waals surface area contributed by atoms with Crippen molar-refractivity contribution in [1.82, 2.24) is 0 Å². The van der Waals surface area contributed by atoms with Crippen LogP contribution in [0, 0.1) is 0 Å². The van der Waals surface area contributed by atoms with Crippen molar-refractivity contribution in [2.45, 2.75) is 117 Å². The quantitative estimate of drug-likeness (QED) is 0.353. The molecule has 0 unspecified atom stereocenters. The Balaban J connectivity index is 2.07. The first-order valence-electron chi connectivity index (χ1n) is 13.4. The van der Waals surface area contributed by atoms with Crippen LogP contribution in [0.15, 0.2) is 36.4 Å². The summed E-state index contributed by atoms with van der Waals surface area (Å²) >= 11 is 0. The van der Waals surface area contributed by atoms with Crippen LogP contribution < -0.4 is 9.64 Å². The number of hydrogen-bond donors (Lipinski definition) is 0. The van der Waals surface area contributed by atoms with Crippen molar-refractivity contribution in [2.75, 3.05) is 11.6 Å². The van der Waals surface area contributed by atoms with Crippen LogP contribution in [-0.2, 0) is 0 Å². The van der Waals surface area contributed by atoms with Crippen LogP contribution in [0.3, 0.4) is 0 Å². The first-order valence-corrected chi connectivity index (χ1v) is 13.4. The minimum atomic E-state index is 0.441. The van der Waals surface area contributed by atoms with Crippen LogP contribution in [0.25, 0.3) is 0 Å². The summed E-state index contributed by atoms with van der Waals surface area (Å²) in [5.41, 5.74) is 6.99. The van der Waals surface area contributed by atoms with Gasteiger partial charge in [0.1, 0.15) is 5.75 Å². The van der Waals surface area contributed by atoms with Gasteiger partial charge in [0.25, 0.3) is 0 Å². The zero-order valence-electron chi connectivity index (χ0n) is 22.4. The maximum absolute atomic E-state index is 6.86. The lowest BCUT2D eigenvalue weighted by Gasteiger charge is -2.39. The molecule has 1 saturated carbocycles. The van der Waals surface area contributed by atoms with Gasteiger partial charge in [-0.15, -0.1) is 0 Å². The molecular formula is C31H47NO. The lowest BCUT2D eigenvalue weighted by molar-refractivity contribution is 0.272. The fourth-order valence-corrected chi connectivity index (χ4v) is 5.37. The zero-order valence-corrected chi connectivity index (χ0v) is 22.4. The second-order valence-electron chi connectivity index (χ2n) is 11.2. The van der Waals surface area contributed by atoms with Gasteiger partial charge in [0.15, 0.2) is 6.73 Å². The molecule has 0 radical (unpaired) electrons. The highest BCUT2D eigenvalue weighted by atomic mass is 16.5. The number of nitrogens with zero attached hydrogens (tertiary/aromatic N) is 1. The summed E-state index contributed by atoms with van der Waals surface area (Å²) < 4.78 is 6.86. The fourth-order valence-electron chi connectivity index (χ4n) is 5.37. The molecule has 2 nitrogen and oxygen atoms in total. The molecule has 0 amide bonds. The van der Waals surface area contributed by atoms with E-state index in [2.05, 4.69) is 96.7 Å². The van der Waals surface area contributed by atoms with E-state index in [1.54, 1.807) is 0 Å². The van der Waals surface area contributed by atoms with Gasteiger partial charge in [-0.2, -0.15) is 0 Å². The Morgan fingerprint density at radius 3 is 1.52 bits per heavy atom. The van der Waals surface area contributed by atoms with Gasteiger partial charge in [-0.3, -0.25) is 0 Å². The van der Waals surface area contributed by atoms with Crippen LogP contribution in [0.4, 0.5) is 5.69 Å².